The highest BCUT2D eigenvalue weighted by Gasteiger charge is 2.11. The van der Waals surface area contributed by atoms with Crippen molar-refractivity contribution in [3.63, 3.8) is 0 Å². The van der Waals surface area contributed by atoms with Crippen molar-refractivity contribution in [2.45, 2.75) is 13.3 Å². The van der Waals surface area contributed by atoms with Crippen LogP contribution < -0.4 is 11.1 Å². The Labute approximate surface area is 78.2 Å². The van der Waals surface area contributed by atoms with Crippen molar-refractivity contribution < 1.29 is 9.59 Å². The lowest BCUT2D eigenvalue weighted by molar-refractivity contribution is -0.134. The molecule has 0 fully saturated rings. The molecule has 0 saturated heterocycles. The van der Waals surface area contributed by atoms with Gasteiger partial charge in [0, 0.05) is 0 Å². The number of hydrogen-bond donors (Lipinski definition) is 2. The van der Waals surface area contributed by atoms with Gasteiger partial charge >= 0.3 is 11.8 Å². The van der Waals surface area contributed by atoms with E-state index in [0.29, 0.717) is 5.13 Å². The number of rotatable bonds is 2. The maximum atomic E-state index is 10.8. The van der Waals surface area contributed by atoms with Gasteiger partial charge in [-0.25, -0.2) is 0 Å². The lowest BCUT2D eigenvalue weighted by Gasteiger charge is -1.93. The molecule has 0 aliphatic carbocycles. The number of carbonyl (C=O) groups is 2. The molecule has 1 aromatic heterocycles. The van der Waals surface area contributed by atoms with Gasteiger partial charge in [-0.05, 0) is 6.42 Å². The molecule has 3 N–H and O–H groups in total. The number of anilines is 1. The third-order valence-corrected chi connectivity index (χ3v) is 2.20. The molecule has 0 aliphatic heterocycles. The molecule has 13 heavy (non-hydrogen) atoms. The average Bonchev–Trinajstić information content (AvgIpc) is 2.52. The average molecular weight is 200 g/mol. The first kappa shape index (κ1) is 9.59. The van der Waals surface area contributed by atoms with Crippen LogP contribution >= 0.6 is 11.3 Å². The predicted molar refractivity (Wildman–Crippen MR) is 47.1 cm³/mol. The summed E-state index contributed by atoms with van der Waals surface area (Å²) < 4.78 is 0. The molecule has 0 atom stereocenters. The highest BCUT2D eigenvalue weighted by Crippen LogP contribution is 2.14. The fourth-order valence-corrected chi connectivity index (χ4v) is 1.28. The van der Waals surface area contributed by atoms with Crippen LogP contribution in [-0.4, -0.2) is 22.0 Å². The van der Waals surface area contributed by atoms with Gasteiger partial charge in [0.05, 0.1) is 0 Å². The van der Waals surface area contributed by atoms with Crippen molar-refractivity contribution in [3.05, 3.63) is 5.01 Å². The van der Waals surface area contributed by atoms with E-state index in [1.165, 1.54) is 11.3 Å². The first-order valence-electron chi connectivity index (χ1n) is 3.56. The van der Waals surface area contributed by atoms with Crippen molar-refractivity contribution in [3.8, 4) is 0 Å². The maximum absolute atomic E-state index is 10.8. The van der Waals surface area contributed by atoms with Crippen LogP contribution in [0.1, 0.15) is 11.9 Å². The number of nitrogens with two attached hydrogens (primary N) is 1. The van der Waals surface area contributed by atoms with Crippen molar-refractivity contribution in [1.29, 1.82) is 0 Å². The summed E-state index contributed by atoms with van der Waals surface area (Å²) >= 11 is 1.22. The molecule has 70 valence electrons. The number of nitrogens with one attached hydrogen (secondary N) is 1. The van der Waals surface area contributed by atoms with Crippen LogP contribution in [0.3, 0.4) is 0 Å². The van der Waals surface area contributed by atoms with Gasteiger partial charge in [-0.15, -0.1) is 10.2 Å². The molecule has 2 amide bonds. The quantitative estimate of drug-likeness (QED) is 0.630. The number of hydrogen-bond acceptors (Lipinski definition) is 5. The van der Waals surface area contributed by atoms with Crippen LogP contribution in [0.4, 0.5) is 5.13 Å². The van der Waals surface area contributed by atoms with Gasteiger partial charge in [0.25, 0.3) is 0 Å². The van der Waals surface area contributed by atoms with Crippen LogP contribution in [0.2, 0.25) is 0 Å². The Morgan fingerprint density at radius 2 is 2.23 bits per heavy atom. The lowest BCUT2D eigenvalue weighted by Crippen LogP contribution is -2.29. The van der Waals surface area contributed by atoms with Crippen molar-refractivity contribution in [1.82, 2.24) is 10.2 Å². The Kier molecular flexibility index (Phi) is 2.91. The second-order valence-electron chi connectivity index (χ2n) is 2.17. The molecule has 0 bridgehead atoms. The summed E-state index contributed by atoms with van der Waals surface area (Å²) in [5.74, 6) is -1.91. The second-order valence-corrected chi connectivity index (χ2v) is 3.23. The van der Waals surface area contributed by atoms with E-state index in [1.54, 1.807) is 0 Å². The standard InChI is InChI=1S/C6H8N4O2S/c1-2-3-9-10-6(13-3)8-5(12)4(7)11/h2H2,1H3,(H2,7,11)(H,8,10,12). The third kappa shape index (κ3) is 2.48. The minimum Gasteiger partial charge on any atom is -0.361 e. The van der Waals surface area contributed by atoms with Crippen LogP contribution in [-0.2, 0) is 16.0 Å². The predicted octanol–water partition coefficient (Wildman–Crippen LogP) is -0.476. The summed E-state index contributed by atoms with van der Waals surface area (Å²) in [5.41, 5.74) is 4.73. The summed E-state index contributed by atoms with van der Waals surface area (Å²) in [4.78, 5) is 21.1. The second kappa shape index (κ2) is 3.94. The van der Waals surface area contributed by atoms with Gasteiger partial charge in [0.2, 0.25) is 5.13 Å². The number of aromatic nitrogens is 2. The zero-order valence-corrected chi connectivity index (χ0v) is 7.72. The van der Waals surface area contributed by atoms with Crippen LogP contribution in [0.5, 0.6) is 0 Å². The van der Waals surface area contributed by atoms with Gasteiger partial charge in [-0.2, -0.15) is 0 Å². The van der Waals surface area contributed by atoms with Gasteiger partial charge in [0.1, 0.15) is 5.01 Å². The Bertz CT molecular complexity index is 335. The SMILES string of the molecule is CCc1nnc(NC(=O)C(N)=O)s1. The number of amides is 2. The van der Waals surface area contributed by atoms with Crippen molar-refractivity contribution in [2.75, 3.05) is 5.32 Å². The normalized spacial score (nSPS) is 9.62. The molecule has 1 rings (SSSR count). The molecule has 0 unspecified atom stereocenters. The molecule has 0 radical (unpaired) electrons. The zero-order chi connectivity index (χ0) is 9.84. The first-order chi connectivity index (χ1) is 6.13. The largest absolute Gasteiger partial charge is 0.361 e. The Balaban J connectivity index is 2.64. The van der Waals surface area contributed by atoms with E-state index in [4.69, 9.17) is 5.73 Å². The molecular weight excluding hydrogens is 192 g/mol. The summed E-state index contributed by atoms with van der Waals surface area (Å²) in [5, 5.41) is 10.7. The molecule has 1 aromatic rings. The molecule has 1 heterocycles. The van der Waals surface area contributed by atoms with E-state index in [9.17, 15) is 9.59 Å². The number of primary amides is 1. The lowest BCUT2D eigenvalue weighted by atomic mass is 10.5. The molecule has 0 aliphatic rings. The fourth-order valence-electron chi connectivity index (χ4n) is 0.606. The zero-order valence-electron chi connectivity index (χ0n) is 6.90. The van der Waals surface area contributed by atoms with Crippen LogP contribution in [0.15, 0.2) is 0 Å². The molecule has 0 spiro atoms. The van der Waals surface area contributed by atoms with E-state index in [-0.39, 0.29) is 0 Å². The third-order valence-electron chi connectivity index (χ3n) is 1.21. The van der Waals surface area contributed by atoms with Crippen LogP contribution in [0.25, 0.3) is 0 Å². The summed E-state index contributed by atoms with van der Waals surface area (Å²) in [7, 11) is 0. The topological polar surface area (TPSA) is 98.0 Å². The van der Waals surface area contributed by atoms with E-state index in [1.807, 2.05) is 6.92 Å². The highest BCUT2D eigenvalue weighted by atomic mass is 32.1. The number of carbonyl (C=O) groups excluding carboxylic acids is 2. The maximum Gasteiger partial charge on any atom is 0.315 e. The van der Waals surface area contributed by atoms with E-state index in [0.717, 1.165) is 11.4 Å². The number of aryl methyl sites for hydroxylation is 1. The first-order valence-corrected chi connectivity index (χ1v) is 4.38. The fraction of sp³-hybridized carbons (Fsp3) is 0.333. The smallest absolute Gasteiger partial charge is 0.315 e. The van der Waals surface area contributed by atoms with Crippen molar-refractivity contribution in [2.24, 2.45) is 5.73 Å². The highest BCUT2D eigenvalue weighted by molar-refractivity contribution is 7.15. The van der Waals surface area contributed by atoms with Crippen LogP contribution in [0, 0.1) is 0 Å². The van der Waals surface area contributed by atoms with Gasteiger partial charge in [-0.1, -0.05) is 18.3 Å². The molecular formula is C6H8N4O2S. The van der Waals surface area contributed by atoms with E-state index in [2.05, 4.69) is 15.5 Å². The van der Waals surface area contributed by atoms with Gasteiger partial charge in [0.15, 0.2) is 0 Å². The minimum absolute atomic E-state index is 0.292. The Hall–Kier alpha value is -1.50. The molecule has 0 aromatic carbocycles. The van der Waals surface area contributed by atoms with E-state index < -0.39 is 11.8 Å². The van der Waals surface area contributed by atoms with Gasteiger partial charge < -0.3 is 5.73 Å². The monoisotopic (exact) mass is 200 g/mol. The molecule has 6 nitrogen and oxygen atoms in total. The molecule has 0 saturated carbocycles. The van der Waals surface area contributed by atoms with Crippen molar-refractivity contribution >= 4 is 28.3 Å². The number of nitrogens with zero attached hydrogens (tertiary/aromatic N) is 2. The molecule has 7 heteroatoms. The minimum atomic E-state index is -1.03. The summed E-state index contributed by atoms with van der Waals surface area (Å²) in [6.45, 7) is 1.92. The summed E-state index contributed by atoms with van der Waals surface area (Å²) in [6, 6.07) is 0. The van der Waals surface area contributed by atoms with E-state index >= 15 is 0 Å². The summed E-state index contributed by atoms with van der Waals surface area (Å²) in [6.07, 6.45) is 0.740. The Morgan fingerprint density at radius 3 is 2.69 bits per heavy atom. The van der Waals surface area contributed by atoms with Gasteiger partial charge in [-0.3, -0.25) is 14.9 Å². The Morgan fingerprint density at radius 1 is 1.54 bits per heavy atom.